The molecule has 0 spiro atoms. The lowest BCUT2D eigenvalue weighted by molar-refractivity contribution is -0.142. The summed E-state index contributed by atoms with van der Waals surface area (Å²) < 4.78 is 35.3. The fourth-order valence-electron chi connectivity index (χ4n) is 2.49. The van der Waals surface area contributed by atoms with Crippen LogP contribution in [0.25, 0.3) is 0 Å². The first-order valence-electron chi connectivity index (χ1n) is 12.0. The van der Waals surface area contributed by atoms with E-state index in [2.05, 4.69) is 4.74 Å². The average molecular weight is 548 g/mol. The third-order valence-electron chi connectivity index (χ3n) is 4.36. The standard InChI is InChI=1S/C22H45NO14/c1-31-22(30)2-3-32-6-17(25)7-34-10-19(27)11-36-14-21(29)15-37-13-20(28)12-35-9-18(26)8-33-5-16(24)4-23/h16-21,24-29H,2-15,23H2,1H3. The number of carbonyl (C=O) groups is 1. The molecule has 0 aromatic heterocycles. The van der Waals surface area contributed by atoms with Crippen molar-refractivity contribution in [3.63, 3.8) is 0 Å². The van der Waals surface area contributed by atoms with E-state index in [9.17, 15) is 35.4 Å². The molecule has 0 saturated heterocycles. The van der Waals surface area contributed by atoms with Gasteiger partial charge in [0.1, 0.15) is 30.5 Å². The molecule has 0 rings (SSSR count). The van der Waals surface area contributed by atoms with Crippen molar-refractivity contribution in [1.29, 1.82) is 0 Å². The molecule has 0 aliphatic rings. The third-order valence-corrected chi connectivity index (χ3v) is 4.36. The Morgan fingerprint density at radius 3 is 1.08 bits per heavy atom. The maximum atomic E-state index is 10.9. The number of nitrogens with two attached hydrogens (primary N) is 1. The van der Waals surface area contributed by atoms with E-state index < -0.39 is 42.6 Å². The molecule has 6 atom stereocenters. The first kappa shape index (κ1) is 35.9. The molecule has 0 bridgehead atoms. The van der Waals surface area contributed by atoms with Crippen LogP contribution in [0.15, 0.2) is 0 Å². The Bertz CT molecular complexity index is 532. The molecule has 222 valence electrons. The summed E-state index contributed by atoms with van der Waals surface area (Å²) >= 11 is 0. The van der Waals surface area contributed by atoms with Crippen LogP contribution in [0.5, 0.6) is 0 Å². The maximum absolute atomic E-state index is 10.9. The highest BCUT2D eigenvalue weighted by Gasteiger charge is 2.13. The molecule has 0 aromatic carbocycles. The fraction of sp³-hybridized carbons (Fsp3) is 0.955. The van der Waals surface area contributed by atoms with Gasteiger partial charge in [-0.05, 0) is 0 Å². The molecule has 6 unspecified atom stereocenters. The Morgan fingerprint density at radius 1 is 0.541 bits per heavy atom. The zero-order valence-corrected chi connectivity index (χ0v) is 21.4. The Morgan fingerprint density at radius 2 is 0.811 bits per heavy atom. The minimum Gasteiger partial charge on any atom is -0.469 e. The number of ether oxygens (including phenoxy) is 7. The lowest BCUT2D eigenvalue weighted by Crippen LogP contribution is -2.31. The normalized spacial score (nSPS) is 16.6. The lowest BCUT2D eigenvalue weighted by atomic mass is 10.3. The van der Waals surface area contributed by atoms with Crippen LogP contribution in [0.1, 0.15) is 6.42 Å². The molecule has 0 aliphatic heterocycles. The topological polar surface area (TPSA) is 229 Å². The van der Waals surface area contributed by atoms with Crippen molar-refractivity contribution in [2.24, 2.45) is 5.73 Å². The fourth-order valence-corrected chi connectivity index (χ4v) is 2.49. The van der Waals surface area contributed by atoms with Crippen LogP contribution >= 0.6 is 0 Å². The summed E-state index contributed by atoms with van der Waals surface area (Å²) in [7, 11) is 1.27. The second kappa shape index (κ2) is 24.0. The molecule has 0 saturated carbocycles. The van der Waals surface area contributed by atoms with Crippen LogP contribution < -0.4 is 5.73 Å². The van der Waals surface area contributed by atoms with Crippen LogP contribution in [-0.4, -0.2) is 166 Å². The van der Waals surface area contributed by atoms with Gasteiger partial charge in [-0.25, -0.2) is 0 Å². The predicted molar refractivity (Wildman–Crippen MR) is 127 cm³/mol. The molecule has 0 aromatic rings. The van der Waals surface area contributed by atoms with Gasteiger partial charge in [-0.1, -0.05) is 0 Å². The van der Waals surface area contributed by atoms with Gasteiger partial charge in [0.15, 0.2) is 0 Å². The number of hydrogen-bond donors (Lipinski definition) is 7. The van der Waals surface area contributed by atoms with Gasteiger partial charge in [0, 0.05) is 6.54 Å². The van der Waals surface area contributed by atoms with Crippen molar-refractivity contribution in [3.8, 4) is 0 Å². The summed E-state index contributed by atoms with van der Waals surface area (Å²) in [6, 6.07) is 0. The van der Waals surface area contributed by atoms with Gasteiger partial charge in [-0.15, -0.1) is 0 Å². The zero-order chi connectivity index (χ0) is 27.9. The van der Waals surface area contributed by atoms with E-state index in [0.29, 0.717) is 0 Å². The Hall–Kier alpha value is -1.05. The number of rotatable bonds is 26. The minimum atomic E-state index is -0.993. The number of esters is 1. The van der Waals surface area contributed by atoms with Gasteiger partial charge in [-0.3, -0.25) is 4.79 Å². The molecular formula is C22H45NO14. The third kappa shape index (κ3) is 23.8. The lowest BCUT2D eigenvalue weighted by Gasteiger charge is -2.17. The number of aliphatic hydroxyl groups is 6. The first-order valence-corrected chi connectivity index (χ1v) is 12.0. The first-order chi connectivity index (χ1) is 17.7. The number of carbonyl (C=O) groups excluding carboxylic acids is 1. The molecule has 0 aliphatic carbocycles. The van der Waals surface area contributed by atoms with Crippen molar-refractivity contribution < 1.29 is 68.6 Å². The molecule has 0 amide bonds. The van der Waals surface area contributed by atoms with Crippen molar-refractivity contribution in [3.05, 3.63) is 0 Å². The van der Waals surface area contributed by atoms with E-state index in [1.54, 1.807) is 0 Å². The smallest absolute Gasteiger partial charge is 0.307 e. The van der Waals surface area contributed by atoms with Crippen LogP contribution in [-0.2, 0) is 38.0 Å². The van der Waals surface area contributed by atoms with Gasteiger partial charge in [0.25, 0.3) is 0 Å². The molecular weight excluding hydrogens is 502 g/mol. The van der Waals surface area contributed by atoms with Gasteiger partial charge in [-0.2, -0.15) is 0 Å². The zero-order valence-electron chi connectivity index (χ0n) is 21.4. The van der Waals surface area contributed by atoms with E-state index >= 15 is 0 Å². The molecule has 0 fully saturated rings. The van der Waals surface area contributed by atoms with Crippen molar-refractivity contribution >= 4 is 5.97 Å². The van der Waals surface area contributed by atoms with Gasteiger partial charge >= 0.3 is 5.97 Å². The Balaban J connectivity index is 3.64. The summed E-state index contributed by atoms with van der Waals surface area (Å²) in [5, 5.41) is 58.1. The molecule has 0 radical (unpaired) electrons. The maximum Gasteiger partial charge on any atom is 0.307 e. The predicted octanol–water partition coefficient (Wildman–Crippen LogP) is -4.23. The Labute approximate surface area is 216 Å². The van der Waals surface area contributed by atoms with Crippen LogP contribution in [0, 0.1) is 0 Å². The SMILES string of the molecule is COC(=O)CCOCC(O)COCC(O)COCC(O)COCC(O)COCC(O)COCC(O)CN. The summed E-state index contributed by atoms with van der Waals surface area (Å²) in [4.78, 5) is 10.9. The van der Waals surface area contributed by atoms with E-state index in [1.165, 1.54) is 7.11 Å². The summed E-state index contributed by atoms with van der Waals surface area (Å²) in [5.41, 5.74) is 5.23. The van der Waals surface area contributed by atoms with E-state index in [0.717, 1.165) is 0 Å². The summed E-state index contributed by atoms with van der Waals surface area (Å²) in [6.45, 7) is -0.738. The molecule has 15 nitrogen and oxygen atoms in total. The van der Waals surface area contributed by atoms with Crippen molar-refractivity contribution in [2.75, 3.05) is 92.9 Å². The van der Waals surface area contributed by atoms with Crippen molar-refractivity contribution in [2.45, 2.75) is 43.0 Å². The van der Waals surface area contributed by atoms with Crippen LogP contribution in [0.3, 0.4) is 0 Å². The summed E-state index contributed by atoms with van der Waals surface area (Å²) in [6.07, 6.45) is -5.52. The van der Waals surface area contributed by atoms with Gasteiger partial charge in [0.2, 0.25) is 0 Å². The molecule has 0 heterocycles. The number of aliphatic hydroxyl groups excluding tert-OH is 6. The van der Waals surface area contributed by atoms with Crippen molar-refractivity contribution in [1.82, 2.24) is 0 Å². The molecule has 8 N–H and O–H groups in total. The van der Waals surface area contributed by atoms with Gasteiger partial charge in [0.05, 0.1) is 98.9 Å². The van der Waals surface area contributed by atoms with Crippen LogP contribution in [0.4, 0.5) is 0 Å². The second-order valence-corrected chi connectivity index (χ2v) is 8.25. The van der Waals surface area contributed by atoms with E-state index in [1.807, 2.05) is 0 Å². The average Bonchev–Trinajstić information content (AvgIpc) is 2.86. The Kier molecular flexibility index (Phi) is 23.3. The highest BCUT2D eigenvalue weighted by molar-refractivity contribution is 5.69. The molecule has 15 heteroatoms. The minimum absolute atomic E-state index is 0.00459. The van der Waals surface area contributed by atoms with Gasteiger partial charge < -0.3 is 69.5 Å². The van der Waals surface area contributed by atoms with E-state index in [-0.39, 0.29) is 92.2 Å². The van der Waals surface area contributed by atoms with E-state index in [4.69, 9.17) is 34.2 Å². The largest absolute Gasteiger partial charge is 0.469 e. The van der Waals surface area contributed by atoms with Crippen LogP contribution in [0.2, 0.25) is 0 Å². The highest BCUT2D eigenvalue weighted by Crippen LogP contribution is 1.97. The number of hydrogen-bond acceptors (Lipinski definition) is 15. The second-order valence-electron chi connectivity index (χ2n) is 8.25. The molecule has 37 heavy (non-hydrogen) atoms. The quantitative estimate of drug-likeness (QED) is 0.0402. The monoisotopic (exact) mass is 547 g/mol. The number of methoxy groups -OCH3 is 1. The summed E-state index contributed by atoms with van der Waals surface area (Å²) in [5.74, 6) is -0.411. The highest BCUT2D eigenvalue weighted by atomic mass is 16.5.